The van der Waals surface area contributed by atoms with Crippen molar-refractivity contribution in [3.63, 3.8) is 0 Å². The van der Waals surface area contributed by atoms with Gasteiger partial charge in [0, 0.05) is 33.5 Å². The van der Waals surface area contributed by atoms with Gasteiger partial charge in [0.25, 0.3) is 0 Å². The zero-order chi connectivity index (χ0) is 38.2. The molecule has 1 aromatic heterocycles. The minimum Gasteiger partial charge on any atom is -0.456 e. The van der Waals surface area contributed by atoms with E-state index in [2.05, 4.69) is 180 Å². The van der Waals surface area contributed by atoms with Crippen LogP contribution in [0, 0.1) is 41.5 Å². The van der Waals surface area contributed by atoms with Crippen LogP contribution in [0.5, 0.6) is 11.5 Å². The molecule has 0 atom stereocenters. The van der Waals surface area contributed by atoms with E-state index < -0.39 is 0 Å². The number of para-hydroxylation sites is 3. The molecule has 4 heteroatoms. The molecular weight excluding hydrogens is 681 g/mol. The van der Waals surface area contributed by atoms with E-state index in [4.69, 9.17) is 9.15 Å². The van der Waals surface area contributed by atoms with E-state index in [1.54, 1.807) is 0 Å². The largest absolute Gasteiger partial charge is 0.456 e. The fraction of sp³-hybridized carbons (Fsp3) is 0.115. The van der Waals surface area contributed by atoms with Crippen molar-refractivity contribution >= 4 is 72.9 Å². The Morgan fingerprint density at radius 2 is 1.07 bits per heavy atom. The maximum atomic E-state index is 6.97. The van der Waals surface area contributed by atoms with Crippen molar-refractivity contribution in [2.24, 2.45) is 0 Å². The fourth-order valence-electron chi connectivity index (χ4n) is 9.69. The molecule has 0 fully saturated rings. The van der Waals surface area contributed by atoms with Crippen molar-refractivity contribution in [3.05, 3.63) is 179 Å². The maximum Gasteiger partial charge on any atom is 0.243 e. The molecule has 1 aliphatic heterocycles. The number of fused-ring (bicyclic) bond motifs is 5. The number of nitrogens with zero attached hydrogens (tertiary/aromatic N) is 1. The summed E-state index contributed by atoms with van der Waals surface area (Å²) < 4.78 is 13.5. The molecule has 0 bridgehead atoms. The lowest BCUT2D eigenvalue weighted by atomic mass is 9.33. The molecule has 56 heavy (non-hydrogen) atoms. The van der Waals surface area contributed by atoms with Crippen molar-refractivity contribution in [1.82, 2.24) is 0 Å². The van der Waals surface area contributed by atoms with Gasteiger partial charge in [0.15, 0.2) is 5.58 Å². The summed E-state index contributed by atoms with van der Waals surface area (Å²) >= 11 is 0. The van der Waals surface area contributed by atoms with E-state index in [1.165, 1.54) is 60.7 Å². The number of furan rings is 1. The summed E-state index contributed by atoms with van der Waals surface area (Å²) in [5.41, 5.74) is 18.9. The van der Waals surface area contributed by atoms with Crippen LogP contribution in [0.4, 0.5) is 17.1 Å². The predicted octanol–water partition coefficient (Wildman–Crippen LogP) is 12.3. The van der Waals surface area contributed by atoms with E-state index in [9.17, 15) is 0 Å². The molecular formula is C52H42BNO2. The summed E-state index contributed by atoms with van der Waals surface area (Å²) in [6.45, 7) is 13.6. The maximum absolute atomic E-state index is 6.97. The first-order valence-electron chi connectivity index (χ1n) is 19.5. The van der Waals surface area contributed by atoms with E-state index in [1.807, 2.05) is 12.1 Å². The summed E-state index contributed by atoms with van der Waals surface area (Å²) in [4.78, 5) is 2.27. The number of rotatable bonds is 6. The van der Waals surface area contributed by atoms with Gasteiger partial charge in [0.05, 0.1) is 11.4 Å². The van der Waals surface area contributed by atoms with E-state index in [-0.39, 0.29) is 6.71 Å². The standard InChI is InChI=1S/C52H42BNO2/c1-31-26-33(3)50(34(4)27-31)53(51-35(5)28-32(2)29-36(51)6)44-25-24-41-40-23-22-38(30-48(40)55-47-21-13-18-43(44)49(41)47)54(37-14-8-7-9-15-37)45-19-12-17-42-39-16-10-11-20-46(39)56-52(42)45/h7-30H,1-6H3. The van der Waals surface area contributed by atoms with Gasteiger partial charge in [-0.25, -0.2) is 0 Å². The van der Waals surface area contributed by atoms with Crippen LogP contribution >= 0.6 is 0 Å². The second-order valence-corrected chi connectivity index (χ2v) is 15.6. The Morgan fingerprint density at radius 1 is 0.464 bits per heavy atom. The third kappa shape index (κ3) is 5.35. The van der Waals surface area contributed by atoms with Crippen molar-refractivity contribution in [2.45, 2.75) is 41.5 Å². The summed E-state index contributed by atoms with van der Waals surface area (Å²) in [6.07, 6.45) is 0. The molecule has 0 N–H and O–H groups in total. The Hall–Kier alpha value is -6.52. The van der Waals surface area contributed by atoms with Crippen molar-refractivity contribution < 1.29 is 9.15 Å². The van der Waals surface area contributed by atoms with Gasteiger partial charge in [-0.2, -0.15) is 0 Å². The number of aryl methyl sites for hydroxylation is 6. The molecule has 270 valence electrons. The molecule has 8 aromatic carbocycles. The molecule has 0 unspecified atom stereocenters. The summed E-state index contributed by atoms with van der Waals surface area (Å²) in [6, 6.07) is 52.4. The van der Waals surface area contributed by atoms with Crippen LogP contribution in [-0.4, -0.2) is 6.71 Å². The molecule has 0 radical (unpaired) electrons. The van der Waals surface area contributed by atoms with Gasteiger partial charge < -0.3 is 14.1 Å². The highest BCUT2D eigenvalue weighted by Crippen LogP contribution is 2.49. The van der Waals surface area contributed by atoms with Gasteiger partial charge in [-0.15, -0.1) is 0 Å². The lowest BCUT2D eigenvalue weighted by Gasteiger charge is -2.29. The van der Waals surface area contributed by atoms with Crippen molar-refractivity contribution in [2.75, 3.05) is 4.90 Å². The first-order valence-corrected chi connectivity index (χ1v) is 19.5. The second-order valence-electron chi connectivity index (χ2n) is 15.6. The molecule has 3 nitrogen and oxygen atoms in total. The fourth-order valence-corrected chi connectivity index (χ4v) is 9.69. The van der Waals surface area contributed by atoms with Gasteiger partial charge in [-0.3, -0.25) is 0 Å². The van der Waals surface area contributed by atoms with Crippen molar-refractivity contribution in [1.29, 1.82) is 0 Å². The lowest BCUT2D eigenvalue weighted by molar-refractivity contribution is 0.487. The number of hydrogen-bond donors (Lipinski definition) is 0. The molecule has 2 heterocycles. The highest BCUT2D eigenvalue weighted by Gasteiger charge is 2.32. The lowest BCUT2D eigenvalue weighted by Crippen LogP contribution is -2.56. The van der Waals surface area contributed by atoms with E-state index in [0.717, 1.165) is 61.4 Å². The van der Waals surface area contributed by atoms with Crippen LogP contribution in [0.3, 0.4) is 0 Å². The summed E-state index contributed by atoms with van der Waals surface area (Å²) in [5, 5.41) is 4.58. The topological polar surface area (TPSA) is 25.6 Å². The number of hydrogen-bond acceptors (Lipinski definition) is 3. The van der Waals surface area contributed by atoms with Gasteiger partial charge in [0.2, 0.25) is 6.71 Å². The van der Waals surface area contributed by atoms with Gasteiger partial charge in [-0.05, 0) is 95.0 Å². The zero-order valence-electron chi connectivity index (χ0n) is 32.7. The Morgan fingerprint density at radius 3 is 1.79 bits per heavy atom. The highest BCUT2D eigenvalue weighted by atomic mass is 16.5. The average molecular weight is 724 g/mol. The minimum absolute atomic E-state index is 0.0599. The van der Waals surface area contributed by atoms with E-state index >= 15 is 0 Å². The third-order valence-electron chi connectivity index (χ3n) is 11.8. The molecule has 0 aliphatic carbocycles. The van der Waals surface area contributed by atoms with Crippen LogP contribution in [0.25, 0.3) is 43.8 Å². The van der Waals surface area contributed by atoms with Crippen molar-refractivity contribution in [3.8, 4) is 22.6 Å². The van der Waals surface area contributed by atoms with Gasteiger partial charge >= 0.3 is 0 Å². The summed E-state index contributed by atoms with van der Waals surface area (Å²) in [7, 11) is 0. The minimum atomic E-state index is 0.0599. The first kappa shape index (κ1) is 34.0. The van der Waals surface area contributed by atoms with Gasteiger partial charge in [0.1, 0.15) is 17.1 Å². The zero-order valence-corrected chi connectivity index (χ0v) is 32.7. The van der Waals surface area contributed by atoms with Gasteiger partial charge in [-0.1, -0.05) is 147 Å². The molecule has 10 rings (SSSR count). The number of anilines is 3. The molecule has 0 saturated carbocycles. The second kappa shape index (κ2) is 13.1. The molecule has 9 aromatic rings. The molecule has 0 spiro atoms. The highest BCUT2D eigenvalue weighted by molar-refractivity contribution is 6.98. The monoisotopic (exact) mass is 723 g/mol. The van der Waals surface area contributed by atoms with Crippen LogP contribution in [0.2, 0.25) is 0 Å². The van der Waals surface area contributed by atoms with Crippen LogP contribution in [0.15, 0.2) is 150 Å². The molecule has 1 aliphatic rings. The Kier molecular flexibility index (Phi) is 7.93. The predicted molar refractivity (Wildman–Crippen MR) is 237 cm³/mol. The quantitative estimate of drug-likeness (QED) is 0.160. The Bertz CT molecular complexity index is 2930. The first-order chi connectivity index (χ1) is 27.2. The number of ether oxygens (including phenoxy) is 1. The summed E-state index contributed by atoms with van der Waals surface area (Å²) in [5.74, 6) is 1.71. The number of benzene rings is 8. The van der Waals surface area contributed by atoms with Crippen LogP contribution < -0.4 is 26.0 Å². The van der Waals surface area contributed by atoms with Crippen LogP contribution in [0.1, 0.15) is 33.4 Å². The Balaban J connectivity index is 1.16. The molecule has 0 amide bonds. The smallest absolute Gasteiger partial charge is 0.243 e. The third-order valence-corrected chi connectivity index (χ3v) is 11.8. The normalized spacial score (nSPS) is 11.9. The SMILES string of the molecule is Cc1cc(C)c(B(c2c(C)cc(C)cc2C)c2ccc3c4c(cccc24)Oc2cc(N(c4ccccc4)c4cccc5c4oc4ccccc45)ccc2-3)c(C)c1. The Labute approximate surface area is 328 Å². The molecule has 0 saturated heterocycles. The van der Waals surface area contributed by atoms with Crippen LogP contribution in [-0.2, 0) is 0 Å². The average Bonchev–Trinajstić information content (AvgIpc) is 3.57. The van der Waals surface area contributed by atoms with E-state index in [0.29, 0.717) is 0 Å².